The van der Waals surface area contributed by atoms with Gasteiger partial charge in [0.15, 0.2) is 6.10 Å². The molecule has 0 aliphatic heterocycles. The molecule has 0 bridgehead atoms. The lowest BCUT2D eigenvalue weighted by Gasteiger charge is -2.28. The van der Waals surface area contributed by atoms with Gasteiger partial charge in [0.25, 0.3) is 7.82 Å². The van der Waals surface area contributed by atoms with Gasteiger partial charge in [0.1, 0.15) is 19.8 Å². The van der Waals surface area contributed by atoms with E-state index in [0.29, 0.717) is 17.4 Å². The Morgan fingerprint density at radius 2 is 0.587 bits per heavy atom. The maximum Gasteiger partial charge on any atom is 0.306 e. The molecule has 92 heavy (non-hydrogen) atoms. The van der Waals surface area contributed by atoms with Crippen LogP contribution in [0, 0.1) is 0 Å². The second-order valence-electron chi connectivity index (χ2n) is 25.2. The fraction of sp³-hybridized carbons (Fsp3) is 0.634. The molecule has 0 rings (SSSR count). The fourth-order valence-electron chi connectivity index (χ4n) is 9.68. The highest BCUT2D eigenvalue weighted by atomic mass is 31.2. The summed E-state index contributed by atoms with van der Waals surface area (Å²) in [6.45, 7) is 3.99. The third-order valence-electron chi connectivity index (χ3n) is 15.2. The SMILES string of the molecule is CC/C=C\C/C=C\C/C=C\C/C=C\C/C=C\C/C=C\C/C=C\C/C=C\C/C=C\C/C=C\CCCCCCC(=O)OC(COC(=O)CCCCCCCCCCCCCCCCCCCCCC/C=C\C/C=C\C/C=C\C/C=C\CC)COP(=O)([O-])OCC[N+](C)(C)C. The standard InChI is InChI=1S/C82H136NO8P/c1-6-8-10-12-14-16-18-20-22-24-26-28-30-32-34-36-38-40-41-43-45-47-49-51-53-55-57-59-61-63-65-67-69-71-73-75-82(85)91-80(79-90-92(86,87)89-77-76-83(3,4)5)78-88-81(84)74-72-70-68-66-64-62-60-58-56-54-52-50-48-46-44-42-39-37-35-33-31-29-27-25-23-21-19-17-15-13-11-9-7-2/h8-11,14-17,20-23,26-29,32,34,38,40,43,45,49,51,55,57,61,63,80H,6-7,12-13,18-19,24-25,30-31,33,35-37,39,41-42,44,46-48,50,52-54,56,58-60,62,64-79H2,1-5H3/b10-8-,11-9-,16-14-,17-15-,22-20-,23-21-,28-26-,29-27-,34-32-,40-38-,45-43-,51-49-,57-55-,63-61-. The molecule has 522 valence electrons. The maximum absolute atomic E-state index is 12.9. The van der Waals surface area contributed by atoms with E-state index >= 15 is 0 Å². The van der Waals surface area contributed by atoms with Crippen molar-refractivity contribution in [1.29, 1.82) is 0 Å². The number of quaternary nitrogens is 1. The molecule has 0 saturated heterocycles. The van der Waals surface area contributed by atoms with Gasteiger partial charge in [-0.2, -0.15) is 0 Å². The summed E-state index contributed by atoms with van der Waals surface area (Å²) in [6, 6.07) is 0. The lowest BCUT2D eigenvalue weighted by Crippen LogP contribution is -2.37. The number of likely N-dealkylation sites (N-methyl/N-ethyl adjacent to an activating group) is 1. The second kappa shape index (κ2) is 70.7. The number of phosphoric ester groups is 1. The minimum Gasteiger partial charge on any atom is -0.756 e. The number of ether oxygens (including phenoxy) is 2. The molecule has 0 heterocycles. The Morgan fingerprint density at radius 3 is 0.870 bits per heavy atom. The third kappa shape index (κ3) is 74.4. The fourth-order valence-corrected chi connectivity index (χ4v) is 10.4. The van der Waals surface area contributed by atoms with Crippen LogP contribution in [0.25, 0.3) is 0 Å². The Hall–Kier alpha value is -4.63. The van der Waals surface area contributed by atoms with Crippen LogP contribution in [0.3, 0.4) is 0 Å². The molecule has 0 aromatic rings. The summed E-state index contributed by atoms with van der Waals surface area (Å²) in [5, 5.41) is 0. The van der Waals surface area contributed by atoms with Gasteiger partial charge in [0, 0.05) is 12.8 Å². The van der Waals surface area contributed by atoms with Crippen molar-refractivity contribution >= 4 is 19.8 Å². The van der Waals surface area contributed by atoms with E-state index in [-0.39, 0.29) is 26.1 Å². The normalized spacial score (nSPS) is 14.1. The van der Waals surface area contributed by atoms with Crippen LogP contribution in [-0.2, 0) is 32.7 Å². The summed E-state index contributed by atoms with van der Waals surface area (Å²) < 4.78 is 34.3. The number of rotatable bonds is 66. The van der Waals surface area contributed by atoms with Crippen LogP contribution in [0.5, 0.6) is 0 Å². The van der Waals surface area contributed by atoms with Crippen LogP contribution in [0.1, 0.15) is 284 Å². The summed E-state index contributed by atoms with van der Waals surface area (Å²) >= 11 is 0. The van der Waals surface area contributed by atoms with Crippen molar-refractivity contribution in [1.82, 2.24) is 0 Å². The van der Waals surface area contributed by atoms with Crippen LogP contribution in [0.2, 0.25) is 0 Å². The van der Waals surface area contributed by atoms with Gasteiger partial charge in [-0.05, 0) is 128 Å². The molecule has 0 aromatic carbocycles. The molecule has 2 atom stereocenters. The van der Waals surface area contributed by atoms with E-state index in [2.05, 4.69) is 184 Å². The van der Waals surface area contributed by atoms with Gasteiger partial charge >= 0.3 is 11.9 Å². The molecule has 0 saturated carbocycles. The summed E-state index contributed by atoms with van der Waals surface area (Å²) in [5.41, 5.74) is 0. The molecule has 0 spiro atoms. The van der Waals surface area contributed by atoms with Crippen molar-refractivity contribution in [3.05, 3.63) is 170 Å². The molecule has 0 fully saturated rings. The molecule has 0 aliphatic carbocycles. The Morgan fingerprint density at radius 1 is 0.337 bits per heavy atom. The first-order valence-corrected chi connectivity index (χ1v) is 38.3. The molecule has 2 unspecified atom stereocenters. The average Bonchev–Trinajstić information content (AvgIpc) is 2.14. The first-order valence-electron chi connectivity index (χ1n) is 36.8. The lowest BCUT2D eigenvalue weighted by molar-refractivity contribution is -0.870. The number of carbonyl (C=O) groups excluding carboxylic acids is 2. The zero-order valence-corrected chi connectivity index (χ0v) is 60.3. The van der Waals surface area contributed by atoms with Crippen molar-refractivity contribution in [2.75, 3.05) is 47.5 Å². The number of unbranched alkanes of at least 4 members (excludes halogenated alkanes) is 24. The van der Waals surface area contributed by atoms with E-state index in [1.54, 1.807) is 0 Å². The van der Waals surface area contributed by atoms with Crippen molar-refractivity contribution in [3.63, 3.8) is 0 Å². The molecule has 0 amide bonds. The molecule has 9 nitrogen and oxygen atoms in total. The number of esters is 2. The highest BCUT2D eigenvalue weighted by Gasteiger charge is 2.22. The molecular weight excluding hydrogens is 1160 g/mol. The Kier molecular flexibility index (Phi) is 67.1. The highest BCUT2D eigenvalue weighted by Crippen LogP contribution is 2.38. The smallest absolute Gasteiger partial charge is 0.306 e. The van der Waals surface area contributed by atoms with Crippen molar-refractivity contribution in [2.45, 2.75) is 290 Å². The summed E-state index contributed by atoms with van der Waals surface area (Å²) in [7, 11) is 1.13. The van der Waals surface area contributed by atoms with E-state index in [4.69, 9.17) is 18.5 Å². The number of phosphoric acid groups is 1. The summed E-state index contributed by atoms with van der Waals surface area (Å²) in [5.74, 6) is -0.866. The zero-order chi connectivity index (χ0) is 66.9. The second-order valence-corrected chi connectivity index (χ2v) is 26.6. The predicted molar refractivity (Wildman–Crippen MR) is 396 cm³/mol. The third-order valence-corrected chi connectivity index (χ3v) is 16.2. The summed E-state index contributed by atoms with van der Waals surface area (Å²) in [4.78, 5) is 38.1. The zero-order valence-electron chi connectivity index (χ0n) is 59.4. The molecule has 0 aromatic heterocycles. The number of hydrogen-bond donors (Lipinski definition) is 0. The largest absolute Gasteiger partial charge is 0.756 e. The van der Waals surface area contributed by atoms with Crippen LogP contribution in [0.15, 0.2) is 170 Å². The quantitative estimate of drug-likeness (QED) is 0.0195. The van der Waals surface area contributed by atoms with Gasteiger partial charge in [-0.1, -0.05) is 312 Å². The number of nitrogens with zero attached hydrogens (tertiary/aromatic N) is 1. The van der Waals surface area contributed by atoms with Crippen LogP contribution in [-0.4, -0.2) is 70.0 Å². The van der Waals surface area contributed by atoms with Gasteiger partial charge in [0.2, 0.25) is 0 Å². The van der Waals surface area contributed by atoms with Gasteiger partial charge in [-0.3, -0.25) is 14.2 Å². The van der Waals surface area contributed by atoms with E-state index in [1.807, 2.05) is 21.1 Å². The first-order chi connectivity index (χ1) is 45.0. The number of carbonyl (C=O) groups is 2. The van der Waals surface area contributed by atoms with Gasteiger partial charge < -0.3 is 27.9 Å². The predicted octanol–water partition coefficient (Wildman–Crippen LogP) is 23.9. The minimum atomic E-state index is -4.66. The van der Waals surface area contributed by atoms with Gasteiger partial charge in [0.05, 0.1) is 27.7 Å². The maximum atomic E-state index is 12.9. The monoisotopic (exact) mass is 1290 g/mol. The molecule has 0 aliphatic rings. The van der Waals surface area contributed by atoms with Gasteiger partial charge in [-0.25, -0.2) is 0 Å². The van der Waals surface area contributed by atoms with Crippen molar-refractivity contribution in [2.24, 2.45) is 0 Å². The van der Waals surface area contributed by atoms with Crippen LogP contribution in [0.4, 0.5) is 0 Å². The molecule has 0 N–H and O–H groups in total. The first kappa shape index (κ1) is 87.4. The number of allylic oxidation sites excluding steroid dienone is 28. The Balaban J connectivity index is 4.12. The molecule has 10 heteroatoms. The van der Waals surface area contributed by atoms with Crippen molar-refractivity contribution in [3.8, 4) is 0 Å². The van der Waals surface area contributed by atoms with Crippen LogP contribution >= 0.6 is 7.82 Å². The Labute approximate surface area is 566 Å². The van der Waals surface area contributed by atoms with E-state index < -0.39 is 32.5 Å². The minimum absolute atomic E-state index is 0.0438. The number of hydrogen-bond acceptors (Lipinski definition) is 8. The average molecular weight is 1290 g/mol. The van der Waals surface area contributed by atoms with E-state index in [1.165, 1.54) is 116 Å². The molecular formula is C82H136NO8P. The highest BCUT2D eigenvalue weighted by molar-refractivity contribution is 7.45. The Bertz CT molecular complexity index is 2160. The van der Waals surface area contributed by atoms with Gasteiger partial charge in [-0.15, -0.1) is 0 Å². The van der Waals surface area contributed by atoms with E-state index in [9.17, 15) is 19.0 Å². The van der Waals surface area contributed by atoms with Crippen molar-refractivity contribution < 1.29 is 42.1 Å². The van der Waals surface area contributed by atoms with E-state index in [0.717, 1.165) is 135 Å². The molecule has 0 radical (unpaired) electrons. The topological polar surface area (TPSA) is 111 Å². The lowest BCUT2D eigenvalue weighted by atomic mass is 10.0. The summed E-state index contributed by atoms with van der Waals surface area (Å²) in [6.07, 6.45) is 107. The van der Waals surface area contributed by atoms with Crippen LogP contribution < -0.4 is 4.89 Å².